The number of unbranched alkanes of at least 4 members (excludes halogenated alkanes) is 3. The number of nitrogens with two attached hydrogens (primary N) is 1. The first-order chi connectivity index (χ1) is 38.1. The number of allylic oxidation sites excluding steroid dienone is 5. The van der Waals surface area contributed by atoms with E-state index in [-0.39, 0.29) is 110 Å². The number of fused-ring (bicyclic) bond motifs is 2. The number of likely N-dealkylation sites (N-methyl/N-ethyl adjacent to an activating group) is 1. The first kappa shape index (κ1) is 63.8. The molecule has 4 aliphatic rings. The number of nitrogens with one attached hydrogen (secondary N) is 3. The molecule has 81 heavy (non-hydrogen) atoms. The molecule has 0 aliphatic carbocycles. The van der Waals surface area contributed by atoms with E-state index in [4.69, 9.17) is 5.73 Å². The van der Waals surface area contributed by atoms with Gasteiger partial charge in [-0.2, -0.15) is 16.8 Å². The van der Waals surface area contributed by atoms with Crippen LogP contribution in [0.4, 0.5) is 11.4 Å². The van der Waals surface area contributed by atoms with Crippen LogP contribution in [0.2, 0.25) is 0 Å². The zero-order chi connectivity index (χ0) is 59.6. The maximum absolute atomic E-state index is 13.3. The highest BCUT2D eigenvalue weighted by Crippen LogP contribution is 2.49. The van der Waals surface area contributed by atoms with Crippen molar-refractivity contribution < 1.29 is 64.3 Å². The summed E-state index contributed by atoms with van der Waals surface area (Å²) in [5, 5.41) is 7.45. The Morgan fingerprint density at radius 3 is 2.01 bits per heavy atom. The lowest BCUT2D eigenvalue weighted by Gasteiger charge is -2.31. The largest absolute Gasteiger partial charge is 0.368 e. The maximum Gasteiger partial charge on any atom is 0.294 e. The predicted octanol–water partition coefficient (Wildman–Crippen LogP) is 4.43. The number of nitrogens with zero attached hydrogens (tertiary/aromatic N) is 4. The Kier molecular flexibility index (Phi) is 21.3. The van der Waals surface area contributed by atoms with Gasteiger partial charge in [0.05, 0.1) is 21.1 Å². The Hall–Kier alpha value is -6.41. The summed E-state index contributed by atoms with van der Waals surface area (Å²) in [5.41, 5.74) is 8.46. The average molecular weight is 1180 g/mol. The number of thioether (sulfide) groups is 1. The molecule has 442 valence electrons. The first-order valence-electron chi connectivity index (χ1n) is 27.3. The van der Waals surface area contributed by atoms with Crippen LogP contribution >= 0.6 is 11.8 Å². The van der Waals surface area contributed by atoms with Crippen LogP contribution in [-0.4, -0.2) is 145 Å². The van der Waals surface area contributed by atoms with Gasteiger partial charge in [0.15, 0.2) is 0 Å². The lowest BCUT2D eigenvalue weighted by atomic mass is 9.80. The summed E-state index contributed by atoms with van der Waals surface area (Å²) in [6.45, 7) is 13.2. The Labute approximate surface area is 478 Å². The third kappa shape index (κ3) is 15.8. The molecule has 2 fully saturated rings. The van der Waals surface area contributed by atoms with Crippen molar-refractivity contribution in [3.63, 3.8) is 0 Å². The Balaban J connectivity index is 0.926. The number of primary amides is 1. The van der Waals surface area contributed by atoms with Gasteiger partial charge in [-0.3, -0.25) is 57.3 Å². The van der Waals surface area contributed by atoms with Crippen LogP contribution < -0.4 is 31.5 Å². The van der Waals surface area contributed by atoms with Crippen molar-refractivity contribution >= 4 is 90.6 Å². The van der Waals surface area contributed by atoms with E-state index in [0.29, 0.717) is 50.8 Å². The van der Waals surface area contributed by atoms with E-state index in [9.17, 15) is 64.3 Å². The molecule has 2 saturated heterocycles. The number of carbonyl (C=O) groups excluding carboxylic acids is 8. The number of amides is 8. The van der Waals surface area contributed by atoms with Crippen molar-refractivity contribution in [2.75, 3.05) is 54.8 Å². The van der Waals surface area contributed by atoms with Gasteiger partial charge in [0.1, 0.15) is 6.04 Å². The normalized spacial score (nSPS) is 20.0. The SMILES string of the molecule is CCN1c2ccc(S(=O)(=O)O)cc2C(C)(C)C1/C=C/C=C/C=C1/N(CCCCCC(=O)NCCN2C(=O)CC(SC[C@@H](C)C(=O)N[C@H](CCCCNC(=O)CCN3C(=O)CCC3=O)C(N)=O)C2=O)c2ccc(S(=O)(=O)O)cc2C1(C)C. The summed E-state index contributed by atoms with van der Waals surface area (Å²) in [6, 6.07) is 8.09. The van der Waals surface area contributed by atoms with E-state index in [1.807, 2.05) is 65.0 Å². The number of imide groups is 2. The highest BCUT2D eigenvalue weighted by Gasteiger charge is 2.44. The van der Waals surface area contributed by atoms with Gasteiger partial charge < -0.3 is 31.5 Å². The first-order valence-corrected chi connectivity index (χ1v) is 31.3. The van der Waals surface area contributed by atoms with Crippen LogP contribution in [-0.2, 0) is 69.4 Å². The van der Waals surface area contributed by atoms with Crippen LogP contribution in [0.5, 0.6) is 0 Å². The van der Waals surface area contributed by atoms with Crippen molar-refractivity contribution in [1.29, 1.82) is 0 Å². The van der Waals surface area contributed by atoms with Crippen LogP contribution in [0.1, 0.15) is 123 Å². The minimum absolute atomic E-state index is 0.0161. The molecule has 0 saturated carbocycles. The molecule has 22 nitrogen and oxygen atoms in total. The van der Waals surface area contributed by atoms with Crippen molar-refractivity contribution in [3.05, 3.63) is 83.6 Å². The van der Waals surface area contributed by atoms with Gasteiger partial charge in [0.2, 0.25) is 47.3 Å². The number of hydrogen-bond acceptors (Lipinski definition) is 15. The number of carbonyl (C=O) groups is 8. The molecule has 4 atom stereocenters. The molecule has 0 spiro atoms. The van der Waals surface area contributed by atoms with Crippen LogP contribution in [0.3, 0.4) is 0 Å². The molecule has 4 heterocycles. The zero-order valence-corrected chi connectivity index (χ0v) is 49.2. The van der Waals surface area contributed by atoms with Gasteiger partial charge in [0, 0.05) is 111 Å². The Morgan fingerprint density at radius 2 is 1.37 bits per heavy atom. The molecule has 2 aromatic rings. The summed E-state index contributed by atoms with van der Waals surface area (Å²) in [4.78, 5) is 106. The monoisotopic (exact) mass is 1180 g/mol. The smallest absolute Gasteiger partial charge is 0.294 e. The van der Waals surface area contributed by atoms with E-state index in [2.05, 4.69) is 25.8 Å². The van der Waals surface area contributed by atoms with Crippen LogP contribution in [0.15, 0.2) is 82.3 Å². The summed E-state index contributed by atoms with van der Waals surface area (Å²) in [6.07, 6.45) is 13.1. The minimum Gasteiger partial charge on any atom is -0.368 e. The van der Waals surface area contributed by atoms with Crippen LogP contribution in [0.25, 0.3) is 0 Å². The molecule has 2 aromatic carbocycles. The lowest BCUT2D eigenvalue weighted by molar-refractivity contribution is -0.140. The summed E-state index contributed by atoms with van der Waals surface area (Å²) < 4.78 is 68.0. The molecular formula is C56H76N8O14S3. The highest BCUT2D eigenvalue weighted by atomic mass is 32.2. The standard InChI is InChI=1S/C56H76N8O14S3/c1-7-61-42-22-20-37(80(73,74)75)32-39(42)55(3,4)45(61)17-10-8-11-18-46-56(5,6)40-33-38(81(76,77)78)21-23-43(40)62(46)29-15-9-12-19-47(65)59-28-31-64-51(69)34-44(54(64)72)79-35-36(2)53(71)60-41(52(57)70)16-13-14-27-58-48(66)26-30-63-49(67)24-25-50(63)68/h8,10-11,17-18,20-23,32-33,36,41,44-45H,7,9,12-16,19,24-31,34-35H2,1-6H3,(H2,57,70)(H,58,66)(H,59,65)(H,60,71)(H,73,74,75)(H,76,77,78)/b11-8+,17-10+,46-18+/t36-,41-,44?,45?/m1/s1. The van der Waals surface area contributed by atoms with Crippen LogP contribution in [0, 0.1) is 5.92 Å². The fourth-order valence-corrected chi connectivity index (χ4v) is 13.0. The molecule has 25 heteroatoms. The quantitative estimate of drug-likeness (QED) is 0.0284. The van der Waals surface area contributed by atoms with E-state index in [1.54, 1.807) is 19.1 Å². The second-order valence-electron chi connectivity index (χ2n) is 21.8. The second kappa shape index (κ2) is 27.1. The number of anilines is 2. The van der Waals surface area contributed by atoms with Gasteiger partial charge in [-0.05, 0) is 92.6 Å². The van der Waals surface area contributed by atoms with Gasteiger partial charge in [0.25, 0.3) is 20.2 Å². The maximum atomic E-state index is 13.3. The fourth-order valence-electron chi connectivity index (χ4n) is 10.7. The predicted molar refractivity (Wildman–Crippen MR) is 306 cm³/mol. The average Bonchev–Trinajstić information content (AvgIpc) is 4.18. The van der Waals surface area contributed by atoms with E-state index in [1.165, 1.54) is 24.3 Å². The molecule has 8 amide bonds. The van der Waals surface area contributed by atoms with Gasteiger partial charge in [-0.15, -0.1) is 11.8 Å². The zero-order valence-electron chi connectivity index (χ0n) is 46.8. The van der Waals surface area contributed by atoms with Crippen molar-refractivity contribution in [1.82, 2.24) is 25.8 Å². The lowest BCUT2D eigenvalue weighted by Crippen LogP contribution is -2.46. The number of rotatable bonds is 29. The topological polar surface area (TPSA) is 320 Å². The minimum atomic E-state index is -4.48. The van der Waals surface area contributed by atoms with Gasteiger partial charge >= 0.3 is 0 Å². The molecule has 0 bridgehead atoms. The third-order valence-corrected chi connectivity index (χ3v) is 18.5. The van der Waals surface area contributed by atoms with Crippen molar-refractivity contribution in [3.8, 4) is 0 Å². The fraction of sp³-hybridized carbons (Fsp3) is 0.536. The Morgan fingerprint density at radius 1 is 0.741 bits per heavy atom. The van der Waals surface area contributed by atoms with Crippen molar-refractivity contribution in [2.45, 2.75) is 150 Å². The molecule has 4 aliphatic heterocycles. The third-order valence-electron chi connectivity index (χ3n) is 15.4. The van der Waals surface area contributed by atoms with E-state index in [0.717, 1.165) is 44.2 Å². The molecule has 0 aromatic heterocycles. The summed E-state index contributed by atoms with van der Waals surface area (Å²) in [5.74, 6) is -3.61. The van der Waals surface area contributed by atoms with Gasteiger partial charge in [-0.1, -0.05) is 65.3 Å². The van der Waals surface area contributed by atoms with E-state index >= 15 is 0 Å². The molecular weight excluding hydrogens is 1100 g/mol. The Bertz CT molecular complexity index is 3070. The second-order valence-corrected chi connectivity index (χ2v) is 25.9. The number of hydrogen-bond donors (Lipinski definition) is 6. The number of likely N-dealkylation sites (tertiary alicyclic amines) is 2. The van der Waals surface area contributed by atoms with Crippen molar-refractivity contribution in [2.24, 2.45) is 11.7 Å². The molecule has 6 rings (SSSR count). The molecule has 2 unspecified atom stereocenters. The molecule has 0 radical (unpaired) electrons. The highest BCUT2D eigenvalue weighted by molar-refractivity contribution is 8.00. The molecule has 7 N–H and O–H groups in total. The summed E-state index contributed by atoms with van der Waals surface area (Å²) >= 11 is 1.16. The van der Waals surface area contributed by atoms with E-state index < -0.39 is 71.9 Å². The summed E-state index contributed by atoms with van der Waals surface area (Å²) in [7, 11) is -8.87. The number of benzene rings is 2. The van der Waals surface area contributed by atoms with Gasteiger partial charge in [-0.25, -0.2) is 0 Å².